The largest absolute Gasteiger partial charge is 0.416 e. The lowest BCUT2D eigenvalue weighted by Crippen LogP contribution is -2.43. The molecule has 1 amide bonds. The molecule has 0 unspecified atom stereocenters. The van der Waals surface area contributed by atoms with E-state index in [0.29, 0.717) is 23.5 Å². The molecule has 12 heteroatoms. The van der Waals surface area contributed by atoms with E-state index in [1.165, 1.54) is 0 Å². The summed E-state index contributed by atoms with van der Waals surface area (Å²) in [5, 5.41) is 14.5. The van der Waals surface area contributed by atoms with Gasteiger partial charge in [-0.2, -0.15) is 13.2 Å². The number of halogens is 3. The van der Waals surface area contributed by atoms with Crippen molar-refractivity contribution < 1.29 is 18.0 Å². The molecule has 2 aliphatic rings. The van der Waals surface area contributed by atoms with Crippen LogP contribution in [0.2, 0.25) is 0 Å². The lowest BCUT2D eigenvalue weighted by atomic mass is 10.1. The van der Waals surface area contributed by atoms with Crippen LogP contribution in [0.25, 0.3) is 16.9 Å². The van der Waals surface area contributed by atoms with E-state index in [1.807, 2.05) is 13.1 Å². The molecule has 2 N–H and O–H groups in total. The van der Waals surface area contributed by atoms with Crippen LogP contribution in [-0.2, 0) is 6.18 Å². The van der Waals surface area contributed by atoms with Crippen LogP contribution in [0, 0.1) is 6.92 Å². The molecule has 0 saturated carbocycles. The minimum Gasteiger partial charge on any atom is -0.364 e. The van der Waals surface area contributed by atoms with E-state index in [1.54, 1.807) is 35.3 Å². The first-order chi connectivity index (χ1) is 18.2. The van der Waals surface area contributed by atoms with Gasteiger partial charge in [-0.1, -0.05) is 11.3 Å². The molecular formula is C26H23F3N8O. The summed E-state index contributed by atoms with van der Waals surface area (Å²) in [5.41, 5.74) is 3.29. The Labute approximate surface area is 215 Å². The predicted octanol–water partition coefficient (Wildman–Crippen LogP) is 3.85. The molecule has 2 atom stereocenters. The number of carbonyl (C=O) groups is 1. The highest BCUT2D eigenvalue weighted by Crippen LogP contribution is 2.32. The number of hydrogen-bond acceptors (Lipinski definition) is 7. The summed E-state index contributed by atoms with van der Waals surface area (Å²) in [6.07, 6.45) is 2.96. The number of carbonyl (C=O) groups excluding carboxylic acids is 1. The molecule has 2 aliphatic heterocycles. The summed E-state index contributed by atoms with van der Waals surface area (Å²) in [4.78, 5) is 23.4. The monoisotopic (exact) mass is 520 g/mol. The highest BCUT2D eigenvalue weighted by molar-refractivity contribution is 6.04. The van der Waals surface area contributed by atoms with Gasteiger partial charge >= 0.3 is 6.18 Å². The lowest BCUT2D eigenvalue weighted by Gasteiger charge is -2.29. The van der Waals surface area contributed by atoms with E-state index < -0.39 is 17.6 Å². The Balaban J connectivity index is 1.23. The van der Waals surface area contributed by atoms with Gasteiger partial charge in [-0.15, -0.1) is 5.10 Å². The van der Waals surface area contributed by atoms with Crippen molar-refractivity contribution in [2.24, 2.45) is 0 Å². The smallest absolute Gasteiger partial charge is 0.364 e. The third kappa shape index (κ3) is 4.58. The average Bonchev–Trinajstić information content (AvgIpc) is 3.67. The summed E-state index contributed by atoms with van der Waals surface area (Å²) in [7, 11) is 0. The van der Waals surface area contributed by atoms with Gasteiger partial charge < -0.3 is 15.5 Å². The Hall–Kier alpha value is -4.32. The number of nitrogens with one attached hydrogen (secondary N) is 2. The van der Waals surface area contributed by atoms with Crippen LogP contribution >= 0.6 is 0 Å². The zero-order valence-corrected chi connectivity index (χ0v) is 20.3. The van der Waals surface area contributed by atoms with Crippen LogP contribution in [-0.4, -0.2) is 56.0 Å². The molecule has 2 saturated heterocycles. The normalized spacial score (nSPS) is 18.7. The number of pyridine rings is 2. The maximum absolute atomic E-state index is 13.0. The predicted molar refractivity (Wildman–Crippen MR) is 134 cm³/mol. The summed E-state index contributed by atoms with van der Waals surface area (Å²) in [6.45, 7) is 3.79. The molecule has 2 fully saturated rings. The van der Waals surface area contributed by atoms with Gasteiger partial charge in [0.2, 0.25) is 0 Å². The Morgan fingerprint density at radius 3 is 2.79 bits per heavy atom. The van der Waals surface area contributed by atoms with Gasteiger partial charge in [-0.05, 0) is 49.2 Å². The van der Waals surface area contributed by atoms with Crippen molar-refractivity contribution >= 4 is 17.4 Å². The summed E-state index contributed by atoms with van der Waals surface area (Å²) in [5.74, 6) is -0.783. The minimum atomic E-state index is -4.54. The van der Waals surface area contributed by atoms with E-state index >= 15 is 0 Å². The Bertz CT molecular complexity index is 1520. The third-order valence-electron chi connectivity index (χ3n) is 6.95. The molecule has 194 valence electrons. The van der Waals surface area contributed by atoms with Gasteiger partial charge in [0, 0.05) is 48.7 Å². The van der Waals surface area contributed by atoms with Crippen LogP contribution in [0.4, 0.5) is 24.7 Å². The van der Waals surface area contributed by atoms with Crippen LogP contribution in [0.15, 0.2) is 61.2 Å². The van der Waals surface area contributed by atoms with E-state index in [9.17, 15) is 18.0 Å². The van der Waals surface area contributed by atoms with Gasteiger partial charge in [0.05, 0.1) is 29.3 Å². The number of anilines is 2. The second kappa shape index (κ2) is 9.21. The molecule has 6 rings (SSSR count). The molecule has 38 heavy (non-hydrogen) atoms. The van der Waals surface area contributed by atoms with Crippen molar-refractivity contribution in [1.29, 1.82) is 0 Å². The maximum Gasteiger partial charge on any atom is 0.416 e. The second-order valence-electron chi connectivity index (χ2n) is 9.51. The number of aromatic nitrogens is 5. The zero-order valence-electron chi connectivity index (χ0n) is 20.3. The van der Waals surface area contributed by atoms with E-state index in [2.05, 4.69) is 41.9 Å². The molecule has 0 spiro atoms. The summed E-state index contributed by atoms with van der Waals surface area (Å²) < 4.78 is 40.6. The number of benzene rings is 1. The van der Waals surface area contributed by atoms with Gasteiger partial charge in [0.1, 0.15) is 11.5 Å². The second-order valence-corrected chi connectivity index (χ2v) is 9.51. The van der Waals surface area contributed by atoms with Gasteiger partial charge in [-0.25, -0.2) is 9.67 Å². The number of fused-ring (bicyclic) bond motifs is 2. The zero-order chi connectivity index (χ0) is 26.4. The van der Waals surface area contributed by atoms with Gasteiger partial charge in [-0.3, -0.25) is 9.78 Å². The highest BCUT2D eigenvalue weighted by Gasteiger charge is 2.37. The molecule has 3 aromatic heterocycles. The standard InChI is InChI=1S/C26H23F3N8O/c1-15-2-3-16(25(38)33-24-8-18(4-5-31-24)26(27,28)29)7-23(15)37-14-22(34-35-37)17-6-20(11-30-10-17)36-13-19-9-21(36)12-32-19/h2-8,10-11,14,19,21,32H,9,12-13H2,1H3,(H,31,33,38)/t19-,21-/m1/s1. The van der Waals surface area contributed by atoms with E-state index in [4.69, 9.17) is 0 Å². The molecule has 0 aliphatic carbocycles. The maximum atomic E-state index is 13.0. The molecule has 9 nitrogen and oxygen atoms in total. The summed E-state index contributed by atoms with van der Waals surface area (Å²) in [6, 6.07) is 9.62. The number of hydrogen-bond donors (Lipinski definition) is 2. The number of amides is 1. The number of aryl methyl sites for hydroxylation is 1. The van der Waals surface area contributed by atoms with Crippen molar-refractivity contribution in [2.45, 2.75) is 31.6 Å². The fourth-order valence-corrected chi connectivity index (χ4v) is 4.98. The van der Waals surface area contributed by atoms with E-state index in [-0.39, 0.29) is 11.4 Å². The molecule has 4 aromatic rings. The molecule has 0 radical (unpaired) electrons. The number of alkyl halides is 3. The van der Waals surface area contributed by atoms with Crippen molar-refractivity contribution in [3.63, 3.8) is 0 Å². The third-order valence-corrected chi connectivity index (χ3v) is 6.95. The van der Waals surface area contributed by atoms with Gasteiger partial charge in [0.15, 0.2) is 0 Å². The number of rotatable bonds is 5. The van der Waals surface area contributed by atoms with Crippen molar-refractivity contribution in [3.05, 3.63) is 77.9 Å². The summed E-state index contributed by atoms with van der Waals surface area (Å²) >= 11 is 0. The molecule has 1 aromatic carbocycles. The number of nitrogens with zero attached hydrogens (tertiary/aromatic N) is 6. The fraction of sp³-hybridized carbons (Fsp3) is 0.269. The molecular weight excluding hydrogens is 497 g/mol. The van der Waals surface area contributed by atoms with E-state index in [0.717, 1.165) is 54.7 Å². The van der Waals surface area contributed by atoms with Crippen LogP contribution in [0.3, 0.4) is 0 Å². The minimum absolute atomic E-state index is 0.190. The first-order valence-corrected chi connectivity index (χ1v) is 12.1. The Morgan fingerprint density at radius 1 is 1.16 bits per heavy atom. The van der Waals surface area contributed by atoms with Gasteiger partial charge in [0.25, 0.3) is 5.91 Å². The SMILES string of the molecule is Cc1ccc(C(=O)Nc2cc(C(F)(F)F)ccn2)cc1-n1cc(-c2cncc(N3C[C@H]4C[C@@H]3CN4)c2)nn1. The number of piperazine rings is 1. The van der Waals surface area contributed by atoms with Crippen molar-refractivity contribution in [1.82, 2.24) is 30.3 Å². The highest BCUT2D eigenvalue weighted by atomic mass is 19.4. The molecule has 5 heterocycles. The first kappa shape index (κ1) is 24.0. The van der Waals surface area contributed by atoms with Crippen LogP contribution in [0.1, 0.15) is 27.9 Å². The fourth-order valence-electron chi connectivity index (χ4n) is 4.98. The van der Waals surface area contributed by atoms with Crippen molar-refractivity contribution in [3.8, 4) is 16.9 Å². The lowest BCUT2D eigenvalue weighted by molar-refractivity contribution is -0.137. The Morgan fingerprint density at radius 2 is 2.03 bits per heavy atom. The first-order valence-electron chi connectivity index (χ1n) is 12.1. The topological polar surface area (TPSA) is 101 Å². The van der Waals surface area contributed by atoms with Crippen molar-refractivity contribution in [2.75, 3.05) is 23.3 Å². The molecule has 2 bridgehead atoms. The Kier molecular flexibility index (Phi) is 5.83. The van der Waals surface area contributed by atoms with Crippen LogP contribution in [0.5, 0.6) is 0 Å². The average molecular weight is 521 g/mol. The van der Waals surface area contributed by atoms with Crippen LogP contribution < -0.4 is 15.5 Å². The quantitative estimate of drug-likeness (QED) is 0.412.